The van der Waals surface area contributed by atoms with E-state index in [9.17, 15) is 0 Å². The van der Waals surface area contributed by atoms with E-state index in [1.54, 1.807) is 5.56 Å². The maximum Gasteiger partial charge on any atom is 0.0165 e. The highest BCUT2D eigenvalue weighted by molar-refractivity contribution is 14.1. The second-order valence-corrected chi connectivity index (χ2v) is 4.71. The summed E-state index contributed by atoms with van der Waals surface area (Å²) in [5, 5.41) is 3.40. The Morgan fingerprint density at radius 2 is 1.85 bits per heavy atom. The van der Waals surface area contributed by atoms with Gasteiger partial charge in [0.2, 0.25) is 0 Å². The Hall–Kier alpha value is -0.0900. The molecule has 0 amide bonds. The van der Waals surface area contributed by atoms with Crippen LogP contribution in [0, 0.1) is 3.57 Å². The van der Waals surface area contributed by atoms with Gasteiger partial charge in [0.05, 0.1) is 0 Å². The molecule has 1 aromatic rings. The van der Waals surface area contributed by atoms with Crippen molar-refractivity contribution in [2.45, 2.75) is 18.8 Å². The summed E-state index contributed by atoms with van der Waals surface area (Å²) in [4.78, 5) is 0. The fourth-order valence-electron chi connectivity index (χ4n) is 1.94. The minimum Gasteiger partial charge on any atom is -0.317 e. The van der Waals surface area contributed by atoms with Gasteiger partial charge in [-0.15, -0.1) is 0 Å². The summed E-state index contributed by atoms with van der Waals surface area (Å²) in [6, 6.07) is 8.75. The fourth-order valence-corrected chi connectivity index (χ4v) is 2.77. The Morgan fingerprint density at radius 1 is 1.15 bits per heavy atom. The molecule has 0 spiro atoms. The van der Waals surface area contributed by atoms with Gasteiger partial charge in [-0.25, -0.2) is 0 Å². The Labute approximate surface area is 93.1 Å². The third-order valence-electron chi connectivity index (χ3n) is 2.68. The van der Waals surface area contributed by atoms with Gasteiger partial charge in [0.1, 0.15) is 0 Å². The molecular formula is C11H14IN. The van der Waals surface area contributed by atoms with Crippen molar-refractivity contribution >= 4 is 22.6 Å². The van der Waals surface area contributed by atoms with Crippen molar-refractivity contribution in [2.24, 2.45) is 0 Å². The van der Waals surface area contributed by atoms with Crippen molar-refractivity contribution in [1.29, 1.82) is 0 Å². The van der Waals surface area contributed by atoms with E-state index in [4.69, 9.17) is 0 Å². The van der Waals surface area contributed by atoms with E-state index in [-0.39, 0.29) is 0 Å². The third-order valence-corrected chi connectivity index (χ3v) is 3.67. The topological polar surface area (TPSA) is 12.0 Å². The van der Waals surface area contributed by atoms with E-state index in [0.29, 0.717) is 0 Å². The highest BCUT2D eigenvalue weighted by Crippen LogP contribution is 2.28. The molecule has 1 heterocycles. The van der Waals surface area contributed by atoms with Crippen molar-refractivity contribution in [3.05, 3.63) is 33.4 Å². The molecule has 1 aliphatic heterocycles. The lowest BCUT2D eigenvalue weighted by Crippen LogP contribution is -2.26. The fraction of sp³-hybridized carbons (Fsp3) is 0.455. The Kier molecular flexibility index (Phi) is 3.22. The van der Waals surface area contributed by atoms with Crippen molar-refractivity contribution in [2.75, 3.05) is 13.1 Å². The number of hydrogen-bond donors (Lipinski definition) is 1. The Bertz CT molecular complexity index is 279. The van der Waals surface area contributed by atoms with E-state index >= 15 is 0 Å². The van der Waals surface area contributed by atoms with Crippen LogP contribution in [0.25, 0.3) is 0 Å². The Balaban J connectivity index is 2.18. The number of benzene rings is 1. The number of nitrogens with one attached hydrogen (secondary N) is 1. The molecule has 70 valence electrons. The minimum atomic E-state index is 0.786. The normalized spacial score (nSPS) is 18.8. The molecule has 0 atom stereocenters. The van der Waals surface area contributed by atoms with E-state index in [1.807, 2.05) is 0 Å². The predicted octanol–water partition coefficient (Wildman–Crippen LogP) is 2.76. The molecule has 13 heavy (non-hydrogen) atoms. The molecule has 1 aromatic carbocycles. The van der Waals surface area contributed by atoms with Crippen molar-refractivity contribution in [3.63, 3.8) is 0 Å². The van der Waals surface area contributed by atoms with Crippen molar-refractivity contribution < 1.29 is 0 Å². The summed E-state index contributed by atoms with van der Waals surface area (Å²) in [5.74, 6) is 0.786. The zero-order chi connectivity index (χ0) is 9.10. The van der Waals surface area contributed by atoms with E-state index in [2.05, 4.69) is 52.2 Å². The molecule has 1 aliphatic rings. The van der Waals surface area contributed by atoms with Gasteiger partial charge in [0.15, 0.2) is 0 Å². The molecule has 1 N–H and O–H groups in total. The average molecular weight is 287 g/mol. The lowest BCUT2D eigenvalue weighted by Gasteiger charge is -2.23. The van der Waals surface area contributed by atoms with Crippen LogP contribution in [-0.2, 0) is 0 Å². The van der Waals surface area contributed by atoms with Crippen LogP contribution in [0.4, 0.5) is 0 Å². The van der Waals surface area contributed by atoms with Crippen LogP contribution in [0.1, 0.15) is 24.3 Å². The van der Waals surface area contributed by atoms with Gasteiger partial charge in [-0.05, 0) is 66.1 Å². The number of rotatable bonds is 1. The van der Waals surface area contributed by atoms with E-state index in [0.717, 1.165) is 5.92 Å². The lowest BCUT2D eigenvalue weighted by molar-refractivity contribution is 0.459. The summed E-state index contributed by atoms with van der Waals surface area (Å²) in [6.45, 7) is 2.35. The van der Waals surface area contributed by atoms with Crippen molar-refractivity contribution in [3.8, 4) is 0 Å². The quantitative estimate of drug-likeness (QED) is 0.783. The molecule has 0 unspecified atom stereocenters. The molecule has 2 heteroatoms. The summed E-state index contributed by atoms with van der Waals surface area (Å²) in [7, 11) is 0. The SMILES string of the molecule is Ic1ccccc1C1CCNCC1. The molecule has 1 nitrogen and oxygen atoms in total. The van der Waals surface area contributed by atoms with Crippen molar-refractivity contribution in [1.82, 2.24) is 5.32 Å². The van der Waals surface area contributed by atoms with E-state index in [1.165, 1.54) is 29.5 Å². The van der Waals surface area contributed by atoms with Crippen LogP contribution in [0.2, 0.25) is 0 Å². The third kappa shape index (κ3) is 2.23. The zero-order valence-corrected chi connectivity index (χ0v) is 9.75. The van der Waals surface area contributed by atoms with Gasteiger partial charge in [-0.3, -0.25) is 0 Å². The molecular weight excluding hydrogens is 273 g/mol. The van der Waals surface area contributed by atoms with Crippen LogP contribution in [0.5, 0.6) is 0 Å². The smallest absolute Gasteiger partial charge is 0.0165 e. The summed E-state index contributed by atoms with van der Waals surface area (Å²) < 4.78 is 1.42. The number of hydrogen-bond acceptors (Lipinski definition) is 1. The lowest BCUT2D eigenvalue weighted by atomic mass is 9.90. The molecule has 2 rings (SSSR count). The van der Waals surface area contributed by atoms with Crippen LogP contribution in [0.3, 0.4) is 0 Å². The second kappa shape index (κ2) is 4.42. The maximum atomic E-state index is 3.40. The summed E-state index contributed by atoms with van der Waals surface area (Å²) >= 11 is 2.44. The Morgan fingerprint density at radius 3 is 2.54 bits per heavy atom. The first-order valence-electron chi connectivity index (χ1n) is 4.83. The van der Waals surface area contributed by atoms with Crippen LogP contribution < -0.4 is 5.32 Å². The van der Waals surface area contributed by atoms with Gasteiger partial charge in [-0.2, -0.15) is 0 Å². The highest BCUT2D eigenvalue weighted by Gasteiger charge is 2.16. The average Bonchev–Trinajstić information content (AvgIpc) is 2.20. The molecule has 0 radical (unpaired) electrons. The highest BCUT2D eigenvalue weighted by atomic mass is 127. The van der Waals surface area contributed by atoms with Crippen LogP contribution in [0.15, 0.2) is 24.3 Å². The van der Waals surface area contributed by atoms with Gasteiger partial charge < -0.3 is 5.32 Å². The standard InChI is InChI=1S/C11H14IN/c12-11-4-2-1-3-10(11)9-5-7-13-8-6-9/h1-4,9,13H,5-8H2. The number of piperidine rings is 1. The van der Waals surface area contributed by atoms with Gasteiger partial charge >= 0.3 is 0 Å². The first-order chi connectivity index (χ1) is 6.38. The zero-order valence-electron chi connectivity index (χ0n) is 7.59. The monoisotopic (exact) mass is 287 g/mol. The van der Waals surface area contributed by atoms with Gasteiger partial charge in [-0.1, -0.05) is 18.2 Å². The summed E-state index contributed by atoms with van der Waals surface area (Å²) in [6.07, 6.45) is 2.58. The maximum absolute atomic E-state index is 3.40. The first kappa shape index (κ1) is 9.46. The van der Waals surface area contributed by atoms with Gasteiger partial charge in [0, 0.05) is 3.57 Å². The predicted molar refractivity (Wildman–Crippen MR) is 64.0 cm³/mol. The van der Waals surface area contributed by atoms with E-state index < -0.39 is 0 Å². The molecule has 0 saturated carbocycles. The largest absolute Gasteiger partial charge is 0.317 e. The first-order valence-corrected chi connectivity index (χ1v) is 5.91. The molecule has 0 aliphatic carbocycles. The molecule has 1 fully saturated rings. The molecule has 1 saturated heterocycles. The van der Waals surface area contributed by atoms with Crippen LogP contribution >= 0.6 is 22.6 Å². The minimum absolute atomic E-state index is 0.786. The van der Waals surface area contributed by atoms with Crippen LogP contribution in [-0.4, -0.2) is 13.1 Å². The molecule has 0 aromatic heterocycles. The summed E-state index contributed by atoms with van der Waals surface area (Å²) in [5.41, 5.74) is 1.55. The number of halogens is 1. The molecule has 0 bridgehead atoms. The van der Waals surface area contributed by atoms with Gasteiger partial charge in [0.25, 0.3) is 0 Å². The second-order valence-electron chi connectivity index (χ2n) is 3.55.